The third-order valence-electron chi connectivity index (χ3n) is 4.30. The van der Waals surface area contributed by atoms with Crippen LogP contribution in [0.2, 0.25) is 0 Å². The number of halogens is 4. The first-order chi connectivity index (χ1) is 14.0. The molecule has 0 aliphatic rings. The van der Waals surface area contributed by atoms with Crippen molar-refractivity contribution >= 4 is 15.4 Å². The third-order valence-corrected chi connectivity index (χ3v) is 5.16. The van der Waals surface area contributed by atoms with Crippen molar-refractivity contribution in [3.8, 4) is 22.5 Å². The zero-order chi connectivity index (χ0) is 21.7. The molecule has 154 valence electrons. The first kappa shape index (κ1) is 20.0. The molecule has 0 saturated carbocycles. The van der Waals surface area contributed by atoms with Crippen LogP contribution in [0.1, 0.15) is 5.56 Å². The van der Waals surface area contributed by atoms with Gasteiger partial charge in [0, 0.05) is 24.2 Å². The van der Waals surface area contributed by atoms with Crippen molar-refractivity contribution in [1.29, 1.82) is 0 Å². The minimum atomic E-state index is -4.57. The quantitative estimate of drug-likeness (QED) is 0.358. The van der Waals surface area contributed by atoms with Gasteiger partial charge in [0.1, 0.15) is 11.5 Å². The summed E-state index contributed by atoms with van der Waals surface area (Å²) in [5.41, 5.74) is 0.437. The highest BCUT2D eigenvalue weighted by atomic mass is 32.2. The summed E-state index contributed by atoms with van der Waals surface area (Å²) in [6.07, 6.45) is -1.57. The highest BCUT2D eigenvalue weighted by Gasteiger charge is 2.31. The fourth-order valence-corrected chi connectivity index (χ4v) is 3.45. The number of sulfone groups is 1. The van der Waals surface area contributed by atoms with Gasteiger partial charge in [-0.1, -0.05) is 0 Å². The molecule has 0 fully saturated rings. The lowest BCUT2D eigenvalue weighted by molar-refractivity contribution is -0.137. The Bertz CT molecular complexity index is 1360. The van der Waals surface area contributed by atoms with Gasteiger partial charge in [0.2, 0.25) is 15.0 Å². The SMILES string of the molecule is CS(=O)(=O)c1nccc(-c2c(-c3ccc(F)cc3)nn3cc(C(F)(F)F)ccc23)n1. The molecule has 4 aromatic rings. The molecule has 4 rings (SSSR count). The molecular weight excluding hydrogens is 424 g/mol. The van der Waals surface area contributed by atoms with Crippen molar-refractivity contribution in [2.45, 2.75) is 11.3 Å². The third kappa shape index (κ3) is 3.63. The van der Waals surface area contributed by atoms with E-state index in [0.29, 0.717) is 11.1 Å². The van der Waals surface area contributed by atoms with Crippen LogP contribution in [-0.2, 0) is 16.0 Å². The smallest absolute Gasteiger partial charge is 0.239 e. The van der Waals surface area contributed by atoms with Crippen molar-refractivity contribution in [3.63, 3.8) is 0 Å². The molecule has 3 aromatic heterocycles. The molecule has 0 N–H and O–H groups in total. The second kappa shape index (κ2) is 6.87. The van der Waals surface area contributed by atoms with E-state index in [1.165, 1.54) is 42.6 Å². The molecule has 0 atom stereocenters. The zero-order valence-electron chi connectivity index (χ0n) is 15.2. The van der Waals surface area contributed by atoms with Gasteiger partial charge >= 0.3 is 6.18 Å². The van der Waals surface area contributed by atoms with Gasteiger partial charge in [-0.25, -0.2) is 27.3 Å². The Morgan fingerprint density at radius 2 is 1.70 bits per heavy atom. The summed E-state index contributed by atoms with van der Waals surface area (Å²) in [5, 5.41) is 3.81. The molecule has 0 aliphatic carbocycles. The predicted molar refractivity (Wildman–Crippen MR) is 99.7 cm³/mol. The summed E-state index contributed by atoms with van der Waals surface area (Å²) in [4.78, 5) is 7.80. The molecule has 0 radical (unpaired) electrons. The average Bonchev–Trinajstić information content (AvgIpc) is 3.06. The summed E-state index contributed by atoms with van der Waals surface area (Å²) >= 11 is 0. The van der Waals surface area contributed by atoms with Crippen molar-refractivity contribution in [1.82, 2.24) is 19.6 Å². The Morgan fingerprint density at radius 1 is 1.00 bits per heavy atom. The molecule has 0 aliphatic heterocycles. The Morgan fingerprint density at radius 3 is 2.33 bits per heavy atom. The number of hydrogen-bond donors (Lipinski definition) is 0. The Balaban J connectivity index is 2.03. The highest BCUT2D eigenvalue weighted by molar-refractivity contribution is 7.90. The number of alkyl halides is 3. The van der Waals surface area contributed by atoms with E-state index >= 15 is 0 Å². The van der Waals surface area contributed by atoms with E-state index in [-0.39, 0.29) is 16.9 Å². The Labute approximate surface area is 167 Å². The van der Waals surface area contributed by atoms with Crippen molar-refractivity contribution < 1.29 is 26.0 Å². The monoisotopic (exact) mass is 436 g/mol. The maximum absolute atomic E-state index is 13.4. The first-order valence-electron chi connectivity index (χ1n) is 8.43. The average molecular weight is 436 g/mol. The standard InChI is InChI=1S/C19H12F4N4O2S/c1-30(28,29)18-24-9-8-14(25-18)16-15-7-4-12(19(21,22)23)10-27(15)26-17(16)11-2-5-13(20)6-3-11/h2-10H,1H3. The largest absolute Gasteiger partial charge is 0.417 e. The molecular formula is C19H12F4N4O2S. The molecule has 11 heteroatoms. The number of fused-ring (bicyclic) bond motifs is 1. The van der Waals surface area contributed by atoms with Gasteiger partial charge in [-0.15, -0.1) is 0 Å². The van der Waals surface area contributed by atoms with Crippen LogP contribution in [0, 0.1) is 5.82 Å². The van der Waals surface area contributed by atoms with Crippen LogP contribution in [0.25, 0.3) is 28.0 Å². The van der Waals surface area contributed by atoms with Crippen LogP contribution in [0.3, 0.4) is 0 Å². The molecule has 0 bridgehead atoms. The van der Waals surface area contributed by atoms with E-state index in [1.807, 2.05) is 0 Å². The number of rotatable bonds is 3. The molecule has 0 saturated heterocycles. The van der Waals surface area contributed by atoms with Crippen molar-refractivity contribution in [2.24, 2.45) is 0 Å². The van der Waals surface area contributed by atoms with Crippen molar-refractivity contribution in [3.05, 3.63) is 66.2 Å². The number of pyridine rings is 1. The van der Waals surface area contributed by atoms with Crippen LogP contribution in [-0.4, -0.2) is 34.3 Å². The van der Waals surface area contributed by atoms with Gasteiger partial charge in [0.05, 0.1) is 22.3 Å². The van der Waals surface area contributed by atoms with Crippen LogP contribution < -0.4 is 0 Å². The number of nitrogens with zero attached hydrogens (tertiary/aromatic N) is 4. The van der Waals surface area contributed by atoms with Gasteiger partial charge < -0.3 is 0 Å². The van der Waals surface area contributed by atoms with Crippen LogP contribution in [0.4, 0.5) is 17.6 Å². The van der Waals surface area contributed by atoms with E-state index in [1.54, 1.807) is 0 Å². The second-order valence-electron chi connectivity index (χ2n) is 6.47. The van der Waals surface area contributed by atoms with Crippen LogP contribution in [0.5, 0.6) is 0 Å². The van der Waals surface area contributed by atoms with Gasteiger partial charge in [-0.05, 0) is 42.5 Å². The molecule has 0 amide bonds. The lowest BCUT2D eigenvalue weighted by Gasteiger charge is -2.07. The van der Waals surface area contributed by atoms with E-state index in [2.05, 4.69) is 15.1 Å². The van der Waals surface area contributed by atoms with Crippen LogP contribution >= 0.6 is 0 Å². The topological polar surface area (TPSA) is 77.2 Å². The summed E-state index contributed by atoms with van der Waals surface area (Å²) in [6, 6.07) is 8.76. The summed E-state index contributed by atoms with van der Waals surface area (Å²) in [7, 11) is -3.73. The molecule has 6 nitrogen and oxygen atoms in total. The van der Waals surface area contributed by atoms with Gasteiger partial charge in [-0.2, -0.15) is 18.3 Å². The summed E-state index contributed by atoms with van der Waals surface area (Å²) in [6.45, 7) is 0. The minimum Gasteiger partial charge on any atom is -0.239 e. The Hall–Kier alpha value is -3.34. The lowest BCUT2D eigenvalue weighted by atomic mass is 10.0. The van der Waals surface area contributed by atoms with E-state index in [4.69, 9.17) is 0 Å². The van der Waals surface area contributed by atoms with Crippen LogP contribution in [0.15, 0.2) is 60.0 Å². The van der Waals surface area contributed by atoms with Gasteiger partial charge in [0.25, 0.3) is 0 Å². The molecule has 0 spiro atoms. The van der Waals surface area contributed by atoms with E-state index in [0.717, 1.165) is 23.0 Å². The number of benzene rings is 1. The minimum absolute atomic E-state index is 0.152. The Kier molecular flexibility index (Phi) is 4.57. The molecule has 30 heavy (non-hydrogen) atoms. The lowest BCUT2D eigenvalue weighted by Crippen LogP contribution is -2.06. The second-order valence-corrected chi connectivity index (χ2v) is 8.38. The first-order valence-corrected chi connectivity index (χ1v) is 10.3. The van der Waals surface area contributed by atoms with Gasteiger partial charge in [0.15, 0.2) is 0 Å². The van der Waals surface area contributed by atoms with Gasteiger partial charge in [-0.3, -0.25) is 0 Å². The predicted octanol–water partition coefficient (Wildman–Crippen LogP) is 4.02. The maximum atomic E-state index is 13.4. The maximum Gasteiger partial charge on any atom is 0.417 e. The summed E-state index contributed by atoms with van der Waals surface area (Å²) in [5.74, 6) is -0.496. The molecule has 0 unspecified atom stereocenters. The molecule has 3 heterocycles. The number of hydrogen-bond acceptors (Lipinski definition) is 5. The highest BCUT2D eigenvalue weighted by Crippen LogP contribution is 2.36. The fourth-order valence-electron chi connectivity index (χ4n) is 2.94. The molecule has 1 aromatic carbocycles. The normalized spacial score (nSPS) is 12.4. The zero-order valence-corrected chi connectivity index (χ0v) is 16.0. The summed E-state index contributed by atoms with van der Waals surface area (Å²) < 4.78 is 77.5. The van der Waals surface area contributed by atoms with Crippen molar-refractivity contribution in [2.75, 3.05) is 6.26 Å². The fraction of sp³-hybridized carbons (Fsp3) is 0.105. The number of aromatic nitrogens is 4. The van der Waals surface area contributed by atoms with E-state index in [9.17, 15) is 26.0 Å². The van der Waals surface area contributed by atoms with E-state index < -0.39 is 32.6 Å².